The van der Waals surface area contributed by atoms with Crippen molar-refractivity contribution in [3.05, 3.63) is 54.1 Å². The molecule has 0 saturated carbocycles. The maximum Gasteiger partial charge on any atom is 0.265 e. The van der Waals surface area contributed by atoms with Crippen molar-refractivity contribution in [1.29, 1.82) is 0 Å². The quantitative estimate of drug-likeness (QED) is 0.630. The third-order valence-corrected chi connectivity index (χ3v) is 7.76. The average molecular weight is 486 g/mol. The zero-order valence-electron chi connectivity index (χ0n) is 19.1. The van der Waals surface area contributed by atoms with E-state index in [1.165, 1.54) is 22.5 Å². The van der Waals surface area contributed by atoms with Gasteiger partial charge in [0.2, 0.25) is 15.9 Å². The summed E-state index contributed by atoms with van der Waals surface area (Å²) >= 11 is 0. The molecule has 10 heteroatoms. The van der Waals surface area contributed by atoms with Crippen LogP contribution in [0, 0.1) is 0 Å². The third kappa shape index (κ3) is 4.92. The summed E-state index contributed by atoms with van der Waals surface area (Å²) in [5.41, 5.74) is 1.21. The molecular weight excluding hydrogens is 458 g/mol. The number of nitrogens with one attached hydrogen (secondary N) is 1. The maximum atomic E-state index is 13.2. The molecule has 2 heterocycles. The summed E-state index contributed by atoms with van der Waals surface area (Å²) in [7, 11) is -2.19. The van der Waals surface area contributed by atoms with E-state index in [4.69, 9.17) is 9.47 Å². The number of ether oxygens (including phenoxy) is 2. The van der Waals surface area contributed by atoms with Crippen molar-refractivity contribution in [2.24, 2.45) is 0 Å². The fourth-order valence-electron chi connectivity index (χ4n) is 3.84. The van der Waals surface area contributed by atoms with E-state index in [9.17, 15) is 18.0 Å². The summed E-state index contributed by atoms with van der Waals surface area (Å²) in [4.78, 5) is 26.3. The first-order valence-corrected chi connectivity index (χ1v) is 12.5. The lowest BCUT2D eigenvalue weighted by molar-refractivity contribution is -0.127. The van der Waals surface area contributed by atoms with Crippen molar-refractivity contribution < 1.29 is 27.5 Å². The van der Waals surface area contributed by atoms with Gasteiger partial charge < -0.3 is 19.7 Å². The lowest BCUT2D eigenvalue weighted by Gasteiger charge is -2.33. The number of carbonyl (C=O) groups is 2. The van der Waals surface area contributed by atoms with Gasteiger partial charge in [-0.1, -0.05) is 19.1 Å². The summed E-state index contributed by atoms with van der Waals surface area (Å²) in [5.74, 6) is 0.718. The van der Waals surface area contributed by atoms with Crippen LogP contribution in [-0.4, -0.2) is 68.8 Å². The monoisotopic (exact) mass is 485 g/mol. The van der Waals surface area contributed by atoms with Gasteiger partial charge in [0, 0.05) is 32.3 Å². The zero-order valence-corrected chi connectivity index (χ0v) is 19.9. The van der Waals surface area contributed by atoms with Crippen LogP contribution in [0.3, 0.4) is 0 Å². The smallest absolute Gasteiger partial charge is 0.265 e. The predicted octanol–water partition coefficient (Wildman–Crippen LogP) is 2.35. The van der Waals surface area contributed by atoms with Gasteiger partial charge in [0.1, 0.15) is 11.5 Å². The van der Waals surface area contributed by atoms with Gasteiger partial charge in [-0.05, 0) is 48.4 Å². The molecule has 1 unspecified atom stereocenters. The molecule has 0 aliphatic carbocycles. The van der Waals surface area contributed by atoms with Crippen LogP contribution in [-0.2, 0) is 19.6 Å². The molecule has 2 aliphatic heterocycles. The van der Waals surface area contributed by atoms with E-state index in [0.717, 1.165) is 11.3 Å². The molecule has 1 fully saturated rings. The normalized spacial score (nSPS) is 18.8. The Bertz CT molecular complexity index is 1200. The van der Waals surface area contributed by atoms with Crippen molar-refractivity contribution in [2.45, 2.75) is 24.3 Å². The van der Waals surface area contributed by atoms with Crippen molar-refractivity contribution >= 4 is 33.6 Å². The number of sulfonamides is 1. The molecule has 1 N–H and O–H groups in total. The standard InChI is InChI=1S/C24H27N3O6S/c1-3-21-24(29)25-20-16-19(9-10-22(20)33-21)34(30,31)27-14-12-26(13-15-27)23(28)11-6-17-4-7-18(32-2)8-5-17/h4-11,16,21H,3,12-15H2,1-2H3,(H,25,29). The highest BCUT2D eigenvalue weighted by Crippen LogP contribution is 2.33. The van der Waals surface area contributed by atoms with Gasteiger partial charge in [0.25, 0.3) is 5.91 Å². The second-order valence-corrected chi connectivity index (χ2v) is 9.94. The SMILES string of the molecule is CCC1Oc2ccc(S(=O)(=O)N3CCN(C(=O)C=Cc4ccc(OC)cc4)CC3)cc2NC1=O. The summed E-state index contributed by atoms with van der Waals surface area (Å²) in [6.45, 7) is 2.78. The van der Waals surface area contributed by atoms with Gasteiger partial charge >= 0.3 is 0 Å². The Hall–Kier alpha value is -3.37. The number of hydrogen-bond acceptors (Lipinski definition) is 6. The summed E-state index contributed by atoms with van der Waals surface area (Å²) in [5, 5.41) is 2.72. The number of hydrogen-bond donors (Lipinski definition) is 1. The lowest BCUT2D eigenvalue weighted by atomic mass is 10.2. The van der Waals surface area contributed by atoms with Gasteiger partial charge in [0.15, 0.2) is 6.10 Å². The predicted molar refractivity (Wildman–Crippen MR) is 127 cm³/mol. The largest absolute Gasteiger partial charge is 0.497 e. The molecule has 0 spiro atoms. The number of methoxy groups -OCH3 is 1. The molecule has 0 bridgehead atoms. The Morgan fingerprint density at radius 3 is 2.50 bits per heavy atom. The van der Waals surface area contributed by atoms with Crippen LogP contribution >= 0.6 is 0 Å². The molecule has 1 saturated heterocycles. The second-order valence-electron chi connectivity index (χ2n) is 8.00. The van der Waals surface area contributed by atoms with Crippen LogP contribution in [0.25, 0.3) is 6.08 Å². The molecule has 0 radical (unpaired) electrons. The van der Waals surface area contributed by atoms with Crippen LogP contribution < -0.4 is 14.8 Å². The zero-order chi connectivity index (χ0) is 24.3. The molecular formula is C24H27N3O6S. The number of fused-ring (bicyclic) bond motifs is 1. The number of amides is 2. The van der Waals surface area contributed by atoms with Gasteiger partial charge in [-0.25, -0.2) is 8.42 Å². The lowest BCUT2D eigenvalue weighted by Crippen LogP contribution is -2.50. The number of nitrogens with zero attached hydrogens (tertiary/aromatic N) is 2. The summed E-state index contributed by atoms with van der Waals surface area (Å²) < 4.78 is 38.4. The maximum absolute atomic E-state index is 13.2. The van der Waals surface area contributed by atoms with Crippen LogP contribution in [0.15, 0.2) is 53.4 Å². The van der Waals surface area contributed by atoms with E-state index in [1.54, 1.807) is 24.2 Å². The molecule has 2 amide bonds. The Kier molecular flexibility index (Phi) is 6.90. The van der Waals surface area contributed by atoms with Crippen molar-refractivity contribution in [1.82, 2.24) is 9.21 Å². The van der Waals surface area contributed by atoms with Gasteiger partial charge in [0.05, 0.1) is 17.7 Å². The Labute approximate surface area is 199 Å². The minimum atomic E-state index is -3.78. The van der Waals surface area contributed by atoms with E-state index in [2.05, 4.69) is 5.32 Å². The summed E-state index contributed by atoms with van der Waals surface area (Å²) in [6, 6.07) is 11.8. The van der Waals surface area contributed by atoms with Gasteiger partial charge in [-0.2, -0.15) is 4.31 Å². The van der Waals surface area contributed by atoms with E-state index >= 15 is 0 Å². The van der Waals surface area contributed by atoms with Gasteiger partial charge in [-0.15, -0.1) is 0 Å². The van der Waals surface area contributed by atoms with E-state index in [-0.39, 0.29) is 42.9 Å². The Morgan fingerprint density at radius 1 is 1.15 bits per heavy atom. The Balaban J connectivity index is 1.38. The highest BCUT2D eigenvalue weighted by molar-refractivity contribution is 7.89. The summed E-state index contributed by atoms with van der Waals surface area (Å²) in [6.07, 6.45) is 3.14. The fraction of sp³-hybridized carbons (Fsp3) is 0.333. The number of rotatable bonds is 6. The highest BCUT2D eigenvalue weighted by atomic mass is 32.2. The molecule has 2 aromatic rings. The first-order chi connectivity index (χ1) is 16.3. The molecule has 2 aromatic carbocycles. The molecule has 0 aromatic heterocycles. The number of carbonyl (C=O) groups excluding carboxylic acids is 2. The van der Waals surface area contributed by atoms with E-state index < -0.39 is 16.1 Å². The van der Waals surface area contributed by atoms with E-state index in [1.807, 2.05) is 31.2 Å². The van der Waals surface area contributed by atoms with Crippen molar-refractivity contribution in [2.75, 3.05) is 38.6 Å². The topological polar surface area (TPSA) is 105 Å². The molecule has 4 rings (SSSR count). The first-order valence-electron chi connectivity index (χ1n) is 11.0. The molecule has 180 valence electrons. The fourth-order valence-corrected chi connectivity index (χ4v) is 5.29. The first kappa shape index (κ1) is 23.8. The van der Waals surface area contributed by atoms with Gasteiger partial charge in [-0.3, -0.25) is 9.59 Å². The molecule has 9 nitrogen and oxygen atoms in total. The average Bonchev–Trinajstić information content (AvgIpc) is 2.86. The van der Waals surface area contributed by atoms with Crippen LogP contribution in [0.4, 0.5) is 5.69 Å². The van der Waals surface area contributed by atoms with Crippen LogP contribution in [0.2, 0.25) is 0 Å². The molecule has 34 heavy (non-hydrogen) atoms. The molecule has 2 aliphatic rings. The van der Waals surface area contributed by atoms with E-state index in [0.29, 0.717) is 17.9 Å². The number of piperazine rings is 1. The Morgan fingerprint density at radius 2 is 1.85 bits per heavy atom. The highest BCUT2D eigenvalue weighted by Gasteiger charge is 2.32. The minimum absolute atomic E-state index is 0.0734. The minimum Gasteiger partial charge on any atom is -0.497 e. The third-order valence-electron chi connectivity index (χ3n) is 5.86. The van der Waals surface area contributed by atoms with Crippen molar-refractivity contribution in [3.63, 3.8) is 0 Å². The van der Waals surface area contributed by atoms with Crippen LogP contribution in [0.5, 0.6) is 11.5 Å². The number of benzene rings is 2. The molecule has 1 atom stereocenters. The van der Waals surface area contributed by atoms with Crippen LogP contribution in [0.1, 0.15) is 18.9 Å². The number of anilines is 1. The van der Waals surface area contributed by atoms with Crippen molar-refractivity contribution in [3.8, 4) is 11.5 Å². The second kappa shape index (κ2) is 9.86.